The van der Waals surface area contributed by atoms with E-state index in [-0.39, 0.29) is 23.9 Å². The topological polar surface area (TPSA) is 67.8 Å². The first-order chi connectivity index (χ1) is 12.4. The molecule has 8 aliphatic rings. The molecule has 0 aromatic rings. The zero-order valence-electron chi connectivity index (χ0n) is 16.4. The molecule has 1 N–H and O–H groups in total. The molecule has 8 fully saturated rings. The second kappa shape index (κ2) is 6.64. The van der Waals surface area contributed by atoms with Crippen LogP contribution in [0.15, 0.2) is 0 Å². The molecule has 8 saturated carbocycles. The van der Waals surface area contributed by atoms with Crippen molar-refractivity contribution in [2.75, 3.05) is 0 Å². The molecule has 8 rings (SSSR count). The maximum atomic E-state index is 10.2. The highest BCUT2D eigenvalue weighted by Gasteiger charge is 2.55. The molecule has 0 spiro atoms. The van der Waals surface area contributed by atoms with Crippen molar-refractivity contribution in [2.45, 2.75) is 76.7 Å². The third-order valence-electron chi connectivity index (χ3n) is 9.12. The van der Waals surface area contributed by atoms with Crippen LogP contribution in [0.1, 0.15) is 71.1 Å². The molecule has 0 aliphatic heterocycles. The van der Waals surface area contributed by atoms with Crippen LogP contribution < -0.4 is 0 Å². The van der Waals surface area contributed by atoms with Gasteiger partial charge in [0.25, 0.3) is 0 Å². The predicted molar refractivity (Wildman–Crippen MR) is 106 cm³/mol. The monoisotopic (exact) mass is 388 g/mol. The highest BCUT2D eigenvalue weighted by Crippen LogP contribution is 2.62. The van der Waals surface area contributed by atoms with Crippen LogP contribution in [0, 0.1) is 75.4 Å². The number of hydrogen-bond acceptors (Lipinski definition) is 3. The van der Waals surface area contributed by atoms with Crippen molar-refractivity contribution in [3.8, 4) is 12.1 Å². The molecule has 0 aromatic carbocycles. The minimum atomic E-state index is -0.371. The van der Waals surface area contributed by atoms with Crippen molar-refractivity contribution in [3.63, 3.8) is 0 Å². The highest BCUT2D eigenvalue weighted by atomic mass is 35.5. The van der Waals surface area contributed by atoms with Crippen LogP contribution in [0.4, 0.5) is 0 Å². The molecule has 4 unspecified atom stereocenters. The zero-order valence-corrected chi connectivity index (χ0v) is 17.3. The summed E-state index contributed by atoms with van der Waals surface area (Å²) < 4.78 is 0. The molecule has 3 nitrogen and oxygen atoms in total. The number of nitriles is 2. The summed E-state index contributed by atoms with van der Waals surface area (Å²) in [6.45, 7) is 2.45. The van der Waals surface area contributed by atoms with E-state index < -0.39 is 0 Å². The standard InChI is InChI=1S/C12H17N.C11H15NO.ClH/c1-12-4-8-2-9(5-12)11(7-13)10(3-8)6-12;12-6-10-8-1-7-2-9(10)5-11(13,3-7)4-8;/h8-11H,2-6H2,1H3;7-10,13H,1-5H2;1H. The number of rotatable bonds is 0. The Balaban J connectivity index is 0.000000129. The molecular weight excluding hydrogens is 356 g/mol. The second-order valence-corrected chi connectivity index (χ2v) is 11.3. The summed E-state index contributed by atoms with van der Waals surface area (Å²) in [4.78, 5) is 0. The van der Waals surface area contributed by atoms with E-state index in [9.17, 15) is 5.11 Å². The molecule has 0 radical (unpaired) electrons. The van der Waals surface area contributed by atoms with Gasteiger partial charge in [-0.3, -0.25) is 0 Å². The Labute approximate surface area is 169 Å². The second-order valence-electron chi connectivity index (χ2n) is 11.3. The van der Waals surface area contributed by atoms with Crippen molar-refractivity contribution >= 4 is 12.4 Å². The first-order valence-electron chi connectivity index (χ1n) is 10.9. The van der Waals surface area contributed by atoms with Crippen molar-refractivity contribution < 1.29 is 5.11 Å². The van der Waals surface area contributed by atoms with E-state index in [1.54, 1.807) is 0 Å². The van der Waals surface area contributed by atoms with Gasteiger partial charge in [-0.25, -0.2) is 0 Å². The molecule has 0 amide bonds. The first-order valence-corrected chi connectivity index (χ1v) is 10.9. The summed E-state index contributed by atoms with van der Waals surface area (Å²) in [6.07, 6.45) is 12.1. The fraction of sp³-hybridized carbons (Fsp3) is 0.913. The van der Waals surface area contributed by atoms with Gasteiger partial charge < -0.3 is 5.11 Å². The first kappa shape index (κ1) is 19.5. The number of nitrogens with zero attached hydrogens (tertiary/aromatic N) is 2. The van der Waals surface area contributed by atoms with Gasteiger partial charge in [-0.05, 0) is 105 Å². The van der Waals surface area contributed by atoms with E-state index in [1.807, 2.05) is 0 Å². The van der Waals surface area contributed by atoms with Gasteiger partial charge in [-0.1, -0.05) is 6.92 Å². The molecular formula is C23H33ClN2O. The molecule has 8 bridgehead atoms. The van der Waals surface area contributed by atoms with Gasteiger partial charge in [0.2, 0.25) is 0 Å². The third-order valence-corrected chi connectivity index (χ3v) is 9.12. The van der Waals surface area contributed by atoms with E-state index >= 15 is 0 Å². The molecule has 0 aromatic heterocycles. The molecule has 4 heteroatoms. The molecule has 0 heterocycles. The molecule has 27 heavy (non-hydrogen) atoms. The Hall–Kier alpha value is -0.770. The van der Waals surface area contributed by atoms with E-state index in [2.05, 4.69) is 19.1 Å². The normalized spacial score (nSPS) is 55.7. The van der Waals surface area contributed by atoms with Gasteiger partial charge in [0.05, 0.1) is 29.6 Å². The minimum absolute atomic E-state index is 0. The zero-order chi connectivity index (χ0) is 18.1. The van der Waals surface area contributed by atoms with Crippen molar-refractivity contribution in [1.29, 1.82) is 10.5 Å². The summed E-state index contributed by atoms with van der Waals surface area (Å²) in [5, 5.41) is 28.4. The predicted octanol–water partition coefficient (Wildman–Crippen LogP) is 5.09. The minimum Gasteiger partial charge on any atom is -0.390 e. The lowest BCUT2D eigenvalue weighted by molar-refractivity contribution is -0.140. The van der Waals surface area contributed by atoms with E-state index in [4.69, 9.17) is 10.5 Å². The van der Waals surface area contributed by atoms with Crippen LogP contribution in [0.2, 0.25) is 0 Å². The maximum Gasteiger partial charge on any atom is 0.0661 e. The quantitative estimate of drug-likeness (QED) is 0.628. The Morgan fingerprint density at radius 2 is 1.11 bits per heavy atom. The number of hydrogen-bond donors (Lipinski definition) is 1. The van der Waals surface area contributed by atoms with Crippen LogP contribution in [0.25, 0.3) is 0 Å². The van der Waals surface area contributed by atoms with Crippen LogP contribution in [0.3, 0.4) is 0 Å². The number of aliphatic hydroxyl groups is 1. The highest BCUT2D eigenvalue weighted by molar-refractivity contribution is 5.85. The molecule has 148 valence electrons. The van der Waals surface area contributed by atoms with Gasteiger partial charge in [-0.15, -0.1) is 12.4 Å². The Kier molecular flexibility index (Phi) is 4.81. The van der Waals surface area contributed by atoms with Gasteiger partial charge in [0.1, 0.15) is 0 Å². The fourth-order valence-corrected chi connectivity index (χ4v) is 8.83. The summed E-state index contributed by atoms with van der Waals surface area (Å²) in [5.41, 5.74) is 0.258. The summed E-state index contributed by atoms with van der Waals surface area (Å²) >= 11 is 0. The van der Waals surface area contributed by atoms with Crippen molar-refractivity contribution in [1.82, 2.24) is 0 Å². The van der Waals surface area contributed by atoms with Gasteiger partial charge in [0, 0.05) is 0 Å². The lowest BCUT2D eigenvalue weighted by Crippen LogP contribution is -2.54. The van der Waals surface area contributed by atoms with Crippen LogP contribution in [-0.2, 0) is 0 Å². The van der Waals surface area contributed by atoms with Gasteiger partial charge in [0.15, 0.2) is 0 Å². The van der Waals surface area contributed by atoms with Gasteiger partial charge in [-0.2, -0.15) is 10.5 Å². The summed E-state index contributed by atoms with van der Waals surface area (Å²) in [6, 6.07) is 5.02. The Morgan fingerprint density at radius 3 is 1.48 bits per heavy atom. The van der Waals surface area contributed by atoms with Gasteiger partial charge >= 0.3 is 0 Å². The fourth-order valence-electron chi connectivity index (χ4n) is 8.83. The van der Waals surface area contributed by atoms with E-state index in [1.165, 1.54) is 44.9 Å². The molecule has 0 saturated heterocycles. The van der Waals surface area contributed by atoms with Crippen LogP contribution in [0.5, 0.6) is 0 Å². The van der Waals surface area contributed by atoms with Crippen molar-refractivity contribution in [3.05, 3.63) is 0 Å². The molecule has 8 aliphatic carbocycles. The SMILES string of the molecule is CC12CC3CC(C1)C(C#N)C(C3)C2.Cl.N#CC1C2CC3CC1CC(O)(C3)C2. The number of halogens is 1. The maximum absolute atomic E-state index is 10.2. The lowest BCUT2D eigenvalue weighted by Gasteiger charge is -2.57. The Bertz CT molecular complexity index is 589. The van der Waals surface area contributed by atoms with Crippen molar-refractivity contribution in [2.24, 2.45) is 52.8 Å². The molecule has 4 atom stereocenters. The van der Waals surface area contributed by atoms with Crippen LogP contribution >= 0.6 is 12.4 Å². The van der Waals surface area contributed by atoms with E-state index in [0.717, 1.165) is 42.9 Å². The average Bonchev–Trinajstić information content (AvgIpc) is 2.52. The largest absolute Gasteiger partial charge is 0.390 e. The average molecular weight is 389 g/mol. The van der Waals surface area contributed by atoms with Crippen LogP contribution in [-0.4, -0.2) is 10.7 Å². The summed E-state index contributed by atoms with van der Waals surface area (Å²) in [5.74, 6) is 4.95. The van der Waals surface area contributed by atoms with E-state index in [0.29, 0.717) is 23.2 Å². The smallest absolute Gasteiger partial charge is 0.0661 e. The lowest BCUT2D eigenvalue weighted by atomic mass is 9.47. The Morgan fingerprint density at radius 1 is 0.704 bits per heavy atom. The third kappa shape index (κ3) is 3.20. The summed E-state index contributed by atoms with van der Waals surface area (Å²) in [7, 11) is 0.